The van der Waals surface area contributed by atoms with Gasteiger partial charge in [-0.3, -0.25) is 0 Å². The molecule has 2 rings (SSSR count). The van der Waals surface area contributed by atoms with Gasteiger partial charge in [0.1, 0.15) is 0 Å². The van der Waals surface area contributed by atoms with Crippen LogP contribution in [0.25, 0.3) is 10.9 Å². The van der Waals surface area contributed by atoms with Gasteiger partial charge in [0.2, 0.25) is 0 Å². The van der Waals surface area contributed by atoms with Crippen LogP contribution in [0.3, 0.4) is 0 Å². The predicted octanol–water partition coefficient (Wildman–Crippen LogP) is 3.90. The number of aromatic amines is 1. The third-order valence-electron chi connectivity index (χ3n) is 2.70. The summed E-state index contributed by atoms with van der Waals surface area (Å²) in [6, 6.07) is 1.45. The SMILES string of the molecule is Cc1[nH]c2c(C(=O)O)cc(Cl)c(Br)c2c1C. The Kier molecular flexibility index (Phi) is 2.72. The van der Waals surface area contributed by atoms with E-state index in [-0.39, 0.29) is 5.56 Å². The largest absolute Gasteiger partial charge is 0.478 e. The number of fused-ring (bicyclic) bond motifs is 1. The highest BCUT2D eigenvalue weighted by Crippen LogP contribution is 2.36. The second kappa shape index (κ2) is 3.79. The van der Waals surface area contributed by atoms with Gasteiger partial charge in [-0.1, -0.05) is 11.6 Å². The van der Waals surface area contributed by atoms with Crippen molar-refractivity contribution in [3.8, 4) is 0 Å². The van der Waals surface area contributed by atoms with Crippen LogP contribution in [0.1, 0.15) is 21.6 Å². The monoisotopic (exact) mass is 301 g/mol. The van der Waals surface area contributed by atoms with E-state index < -0.39 is 5.97 Å². The Labute approximate surface area is 106 Å². The van der Waals surface area contributed by atoms with E-state index in [0.29, 0.717) is 10.5 Å². The highest BCUT2D eigenvalue weighted by Gasteiger charge is 2.18. The summed E-state index contributed by atoms with van der Waals surface area (Å²) >= 11 is 9.38. The van der Waals surface area contributed by atoms with E-state index in [0.717, 1.165) is 21.1 Å². The molecule has 2 N–H and O–H groups in total. The molecule has 0 amide bonds. The Morgan fingerprint density at radius 1 is 1.50 bits per heavy atom. The quantitative estimate of drug-likeness (QED) is 0.839. The van der Waals surface area contributed by atoms with Gasteiger partial charge in [0.25, 0.3) is 0 Å². The Balaban J connectivity index is 3.01. The van der Waals surface area contributed by atoms with Crippen molar-refractivity contribution in [1.29, 1.82) is 0 Å². The first-order valence-electron chi connectivity index (χ1n) is 4.63. The zero-order valence-corrected chi connectivity index (χ0v) is 11.0. The standard InChI is InChI=1S/C11H9BrClNO2/c1-4-5(2)14-10-6(11(15)16)3-7(13)9(12)8(4)10/h3,14H,1-2H3,(H,15,16). The Bertz CT molecular complexity index is 604. The lowest BCUT2D eigenvalue weighted by molar-refractivity contribution is 0.0699. The maximum atomic E-state index is 11.1. The Hall–Kier alpha value is -1.000. The fourth-order valence-electron chi connectivity index (χ4n) is 1.75. The lowest BCUT2D eigenvalue weighted by atomic mass is 10.1. The number of aromatic nitrogens is 1. The summed E-state index contributed by atoms with van der Waals surface area (Å²) < 4.78 is 0.732. The van der Waals surface area contributed by atoms with Crippen LogP contribution in [-0.2, 0) is 0 Å². The topological polar surface area (TPSA) is 53.1 Å². The lowest BCUT2D eigenvalue weighted by Gasteiger charge is -2.03. The molecule has 1 heterocycles. The van der Waals surface area contributed by atoms with Crippen LogP contribution in [0.4, 0.5) is 0 Å². The Morgan fingerprint density at radius 2 is 2.12 bits per heavy atom. The van der Waals surface area contributed by atoms with Crippen LogP contribution in [0, 0.1) is 13.8 Å². The number of hydrogen-bond acceptors (Lipinski definition) is 1. The van der Waals surface area contributed by atoms with E-state index in [2.05, 4.69) is 20.9 Å². The number of benzene rings is 1. The van der Waals surface area contributed by atoms with E-state index in [1.807, 2.05) is 13.8 Å². The smallest absolute Gasteiger partial charge is 0.337 e. The number of nitrogens with one attached hydrogen (secondary N) is 1. The van der Waals surface area contributed by atoms with Gasteiger partial charge >= 0.3 is 5.97 Å². The summed E-state index contributed by atoms with van der Waals surface area (Å²) in [5, 5.41) is 10.3. The fraction of sp³-hybridized carbons (Fsp3) is 0.182. The predicted molar refractivity (Wildman–Crippen MR) is 67.4 cm³/mol. The fourth-order valence-corrected chi connectivity index (χ4v) is 2.56. The average Bonchev–Trinajstić information content (AvgIpc) is 2.49. The molecule has 1 aromatic heterocycles. The summed E-state index contributed by atoms with van der Waals surface area (Å²) in [4.78, 5) is 14.2. The maximum absolute atomic E-state index is 11.1. The van der Waals surface area contributed by atoms with E-state index in [1.54, 1.807) is 0 Å². The van der Waals surface area contributed by atoms with Crippen molar-refractivity contribution < 1.29 is 9.90 Å². The van der Waals surface area contributed by atoms with Gasteiger partial charge in [0.15, 0.2) is 0 Å². The van der Waals surface area contributed by atoms with Gasteiger partial charge in [0.05, 0.1) is 16.1 Å². The van der Waals surface area contributed by atoms with Gasteiger partial charge < -0.3 is 10.1 Å². The zero-order valence-electron chi connectivity index (χ0n) is 8.69. The van der Waals surface area contributed by atoms with E-state index in [4.69, 9.17) is 16.7 Å². The number of rotatable bonds is 1. The molecule has 0 radical (unpaired) electrons. The first kappa shape index (κ1) is 11.5. The van der Waals surface area contributed by atoms with Crippen molar-refractivity contribution in [2.45, 2.75) is 13.8 Å². The molecule has 0 aliphatic rings. The normalized spacial score (nSPS) is 11.0. The molecule has 0 atom stereocenters. The van der Waals surface area contributed by atoms with Crippen molar-refractivity contribution in [3.63, 3.8) is 0 Å². The first-order valence-corrected chi connectivity index (χ1v) is 5.80. The second-order valence-electron chi connectivity index (χ2n) is 3.65. The molecule has 0 spiro atoms. The van der Waals surface area contributed by atoms with Crippen molar-refractivity contribution >= 4 is 44.4 Å². The number of carboxylic acid groups (broad SMARTS) is 1. The molecule has 1 aromatic carbocycles. The van der Waals surface area contributed by atoms with Crippen molar-refractivity contribution in [1.82, 2.24) is 4.98 Å². The van der Waals surface area contributed by atoms with E-state index in [1.165, 1.54) is 6.07 Å². The molecule has 0 aliphatic heterocycles. The molecule has 0 bridgehead atoms. The molecule has 16 heavy (non-hydrogen) atoms. The molecule has 2 aromatic rings. The third-order valence-corrected chi connectivity index (χ3v) is 4.05. The molecule has 0 fully saturated rings. The summed E-state index contributed by atoms with van der Waals surface area (Å²) in [5.74, 6) is -0.986. The van der Waals surface area contributed by atoms with Crippen LogP contribution in [0.5, 0.6) is 0 Å². The summed E-state index contributed by atoms with van der Waals surface area (Å²) in [7, 11) is 0. The Morgan fingerprint density at radius 3 is 2.69 bits per heavy atom. The number of H-pyrrole nitrogens is 1. The first-order chi connectivity index (χ1) is 7.43. The molecular weight excluding hydrogens is 293 g/mol. The van der Waals surface area contributed by atoms with E-state index in [9.17, 15) is 4.79 Å². The number of carbonyl (C=O) groups is 1. The minimum absolute atomic E-state index is 0.194. The third kappa shape index (κ3) is 1.53. The number of halogens is 2. The molecule has 3 nitrogen and oxygen atoms in total. The number of hydrogen-bond donors (Lipinski definition) is 2. The molecule has 5 heteroatoms. The van der Waals surface area contributed by atoms with Crippen LogP contribution >= 0.6 is 27.5 Å². The average molecular weight is 303 g/mol. The summed E-state index contributed by atoms with van der Waals surface area (Å²) in [6.07, 6.45) is 0. The van der Waals surface area contributed by atoms with Crippen molar-refractivity contribution in [3.05, 3.63) is 32.4 Å². The van der Waals surface area contributed by atoms with Gasteiger partial charge in [-0.15, -0.1) is 0 Å². The molecule has 0 unspecified atom stereocenters. The zero-order chi connectivity index (χ0) is 12.0. The van der Waals surface area contributed by atoms with Crippen LogP contribution in [-0.4, -0.2) is 16.1 Å². The molecule has 0 saturated heterocycles. The number of aromatic carboxylic acids is 1. The van der Waals surface area contributed by atoms with Gasteiger partial charge in [0, 0.05) is 15.6 Å². The molecule has 0 aliphatic carbocycles. The number of aryl methyl sites for hydroxylation is 2. The van der Waals surface area contributed by atoms with Crippen LogP contribution in [0.15, 0.2) is 10.5 Å². The van der Waals surface area contributed by atoms with Gasteiger partial charge in [-0.05, 0) is 41.4 Å². The maximum Gasteiger partial charge on any atom is 0.337 e. The minimum Gasteiger partial charge on any atom is -0.478 e. The minimum atomic E-state index is -0.986. The summed E-state index contributed by atoms with van der Waals surface area (Å²) in [5.41, 5.74) is 2.76. The van der Waals surface area contributed by atoms with Crippen LogP contribution < -0.4 is 0 Å². The van der Waals surface area contributed by atoms with Crippen molar-refractivity contribution in [2.24, 2.45) is 0 Å². The molecule has 0 saturated carbocycles. The van der Waals surface area contributed by atoms with Gasteiger partial charge in [-0.25, -0.2) is 4.79 Å². The highest BCUT2D eigenvalue weighted by atomic mass is 79.9. The lowest BCUT2D eigenvalue weighted by Crippen LogP contribution is -1.98. The van der Waals surface area contributed by atoms with Crippen LogP contribution in [0.2, 0.25) is 5.02 Å². The number of carboxylic acids is 1. The second-order valence-corrected chi connectivity index (χ2v) is 4.85. The van der Waals surface area contributed by atoms with Gasteiger partial charge in [-0.2, -0.15) is 0 Å². The molecule has 84 valence electrons. The summed E-state index contributed by atoms with van der Waals surface area (Å²) in [6.45, 7) is 3.84. The highest BCUT2D eigenvalue weighted by molar-refractivity contribution is 9.10. The molecular formula is C11H9BrClNO2. The van der Waals surface area contributed by atoms with Crippen molar-refractivity contribution in [2.75, 3.05) is 0 Å². The van der Waals surface area contributed by atoms with E-state index >= 15 is 0 Å².